The molecular formula is C24H33N3O3. The van der Waals surface area contributed by atoms with E-state index in [4.69, 9.17) is 0 Å². The quantitative estimate of drug-likeness (QED) is 0.767. The van der Waals surface area contributed by atoms with Gasteiger partial charge in [-0.05, 0) is 55.6 Å². The summed E-state index contributed by atoms with van der Waals surface area (Å²) in [6, 6.07) is 7.58. The molecule has 0 radical (unpaired) electrons. The molecule has 6 heteroatoms. The first-order valence-corrected chi connectivity index (χ1v) is 11.4. The van der Waals surface area contributed by atoms with Crippen LogP contribution in [-0.4, -0.2) is 46.8 Å². The number of amides is 4. The summed E-state index contributed by atoms with van der Waals surface area (Å²) in [5.41, 5.74) is 0.783. The fraction of sp³-hybridized carbons (Fsp3) is 0.625. The summed E-state index contributed by atoms with van der Waals surface area (Å²) in [6.07, 6.45) is 6.80. The maximum Gasteiger partial charge on any atom is 0.325 e. The molecule has 162 valence electrons. The molecule has 1 N–H and O–H groups in total. The number of piperidine rings is 1. The molecule has 4 amide bonds. The van der Waals surface area contributed by atoms with Crippen molar-refractivity contribution >= 4 is 17.8 Å². The molecule has 4 rings (SSSR count). The van der Waals surface area contributed by atoms with Crippen LogP contribution in [0.3, 0.4) is 0 Å². The van der Waals surface area contributed by atoms with Crippen LogP contribution < -0.4 is 5.32 Å². The van der Waals surface area contributed by atoms with Gasteiger partial charge in [0, 0.05) is 12.6 Å². The lowest BCUT2D eigenvalue weighted by Crippen LogP contribution is -2.53. The van der Waals surface area contributed by atoms with Gasteiger partial charge < -0.3 is 10.2 Å². The Labute approximate surface area is 179 Å². The molecule has 2 aliphatic heterocycles. The number of carbonyl (C=O) groups excluding carboxylic acids is 3. The average molecular weight is 412 g/mol. The summed E-state index contributed by atoms with van der Waals surface area (Å²) < 4.78 is 0. The van der Waals surface area contributed by atoms with E-state index in [1.54, 1.807) is 6.92 Å². The van der Waals surface area contributed by atoms with Gasteiger partial charge in [-0.1, -0.05) is 51.0 Å². The largest absolute Gasteiger partial charge is 0.338 e. The van der Waals surface area contributed by atoms with Crippen molar-refractivity contribution in [2.75, 3.05) is 13.1 Å². The van der Waals surface area contributed by atoms with Gasteiger partial charge in [-0.3, -0.25) is 14.5 Å². The predicted octanol–water partition coefficient (Wildman–Crippen LogP) is 3.76. The van der Waals surface area contributed by atoms with Crippen LogP contribution in [0.15, 0.2) is 24.3 Å². The number of hydrogen-bond acceptors (Lipinski definition) is 3. The number of imide groups is 1. The van der Waals surface area contributed by atoms with E-state index in [1.807, 2.05) is 29.2 Å². The van der Waals surface area contributed by atoms with Gasteiger partial charge in [0.15, 0.2) is 0 Å². The Morgan fingerprint density at radius 2 is 1.77 bits per heavy atom. The van der Waals surface area contributed by atoms with E-state index in [2.05, 4.69) is 19.2 Å². The first-order valence-electron chi connectivity index (χ1n) is 11.4. The second-order valence-electron chi connectivity index (χ2n) is 9.56. The highest BCUT2D eigenvalue weighted by Gasteiger charge is 2.50. The smallest absolute Gasteiger partial charge is 0.325 e. The summed E-state index contributed by atoms with van der Waals surface area (Å²) in [5, 5.41) is 2.83. The van der Waals surface area contributed by atoms with E-state index < -0.39 is 11.6 Å². The molecule has 0 bridgehead atoms. The van der Waals surface area contributed by atoms with Crippen molar-refractivity contribution in [2.45, 2.75) is 76.8 Å². The van der Waals surface area contributed by atoms with Crippen LogP contribution >= 0.6 is 0 Å². The van der Waals surface area contributed by atoms with Gasteiger partial charge in [-0.2, -0.15) is 0 Å². The van der Waals surface area contributed by atoms with Gasteiger partial charge in [0.05, 0.1) is 0 Å². The van der Waals surface area contributed by atoms with Crippen LogP contribution in [-0.2, 0) is 15.1 Å². The van der Waals surface area contributed by atoms with Crippen LogP contribution in [0.5, 0.6) is 0 Å². The molecule has 1 aromatic carbocycles. The molecule has 1 aliphatic carbocycles. The number of nitrogens with zero attached hydrogens (tertiary/aromatic N) is 2. The molecule has 0 unspecified atom stereocenters. The molecule has 1 saturated carbocycles. The van der Waals surface area contributed by atoms with E-state index in [0.717, 1.165) is 36.3 Å². The van der Waals surface area contributed by atoms with Crippen LogP contribution in [0, 0.1) is 5.92 Å². The third-order valence-corrected chi connectivity index (χ3v) is 7.29. The molecule has 3 atom stereocenters. The predicted molar refractivity (Wildman–Crippen MR) is 115 cm³/mol. The molecule has 2 saturated heterocycles. The van der Waals surface area contributed by atoms with E-state index in [0.29, 0.717) is 11.8 Å². The number of carbonyl (C=O) groups is 3. The molecule has 3 fully saturated rings. The number of rotatable bonds is 4. The van der Waals surface area contributed by atoms with Crippen molar-refractivity contribution in [1.82, 2.24) is 15.1 Å². The number of hydrogen-bond donors (Lipinski definition) is 1. The highest BCUT2D eigenvalue weighted by molar-refractivity contribution is 6.09. The average Bonchev–Trinajstić information content (AvgIpc) is 2.97. The number of likely N-dealkylation sites (tertiary alicyclic amines) is 1. The fourth-order valence-electron chi connectivity index (χ4n) is 5.40. The van der Waals surface area contributed by atoms with Crippen molar-refractivity contribution in [3.63, 3.8) is 0 Å². The molecule has 6 nitrogen and oxygen atoms in total. The Hall–Kier alpha value is -2.37. The van der Waals surface area contributed by atoms with Crippen LogP contribution in [0.1, 0.15) is 76.3 Å². The summed E-state index contributed by atoms with van der Waals surface area (Å²) in [5.74, 6) is 0.511. The second-order valence-corrected chi connectivity index (χ2v) is 9.56. The summed E-state index contributed by atoms with van der Waals surface area (Å²) in [6.45, 7) is 6.51. The minimum atomic E-state index is -1.14. The molecular weight excluding hydrogens is 378 g/mol. The molecule has 0 spiro atoms. The number of fused-ring (bicyclic) bond motifs is 1. The molecule has 3 aliphatic rings. The maximum atomic E-state index is 13.2. The molecule has 1 aromatic rings. The second kappa shape index (κ2) is 8.05. The van der Waals surface area contributed by atoms with Crippen molar-refractivity contribution < 1.29 is 14.4 Å². The van der Waals surface area contributed by atoms with Crippen molar-refractivity contribution in [1.29, 1.82) is 0 Å². The maximum absolute atomic E-state index is 13.2. The van der Waals surface area contributed by atoms with Gasteiger partial charge in [-0.15, -0.1) is 0 Å². The third kappa shape index (κ3) is 3.61. The number of benzene rings is 1. The normalized spacial score (nSPS) is 29.2. The Balaban J connectivity index is 1.49. The standard InChI is InChI=1S/C24H33N3O3/c1-16(2)17-10-12-19(13-11-17)24(3)22(29)27(23(30)25-24)15-21(28)26-14-6-8-18-7-4-5-9-20(18)26/h10-13,16,18,20H,4-9,14-15H2,1-3H3,(H,25,30)/t18-,20-,24-/m0/s1. The molecule has 2 heterocycles. The van der Waals surface area contributed by atoms with E-state index in [-0.39, 0.29) is 24.4 Å². The number of nitrogens with one attached hydrogen (secondary N) is 1. The van der Waals surface area contributed by atoms with Gasteiger partial charge in [0.2, 0.25) is 5.91 Å². The third-order valence-electron chi connectivity index (χ3n) is 7.29. The van der Waals surface area contributed by atoms with Crippen LogP contribution in [0.4, 0.5) is 4.79 Å². The topological polar surface area (TPSA) is 69.7 Å². The monoisotopic (exact) mass is 411 g/mol. The zero-order valence-electron chi connectivity index (χ0n) is 18.3. The highest BCUT2D eigenvalue weighted by Crippen LogP contribution is 2.36. The Morgan fingerprint density at radius 3 is 2.47 bits per heavy atom. The summed E-state index contributed by atoms with van der Waals surface area (Å²) in [7, 11) is 0. The lowest BCUT2D eigenvalue weighted by Gasteiger charge is -2.44. The van der Waals surface area contributed by atoms with Gasteiger partial charge in [0.25, 0.3) is 5.91 Å². The minimum absolute atomic E-state index is 0.102. The SMILES string of the molecule is CC(C)c1ccc([C@]2(C)NC(=O)N(CC(=O)N3CCC[C@@H]4CCCC[C@@H]43)C2=O)cc1. The first-order chi connectivity index (χ1) is 14.3. The zero-order chi connectivity index (χ0) is 21.5. The van der Waals surface area contributed by atoms with Crippen LogP contribution in [0.25, 0.3) is 0 Å². The Bertz CT molecular complexity index is 833. The summed E-state index contributed by atoms with van der Waals surface area (Å²) >= 11 is 0. The minimum Gasteiger partial charge on any atom is -0.338 e. The van der Waals surface area contributed by atoms with E-state index >= 15 is 0 Å². The van der Waals surface area contributed by atoms with Crippen molar-refractivity contribution in [3.8, 4) is 0 Å². The Morgan fingerprint density at radius 1 is 1.10 bits per heavy atom. The van der Waals surface area contributed by atoms with Gasteiger partial charge in [0.1, 0.15) is 12.1 Å². The lowest BCUT2D eigenvalue weighted by molar-refractivity contribution is -0.142. The van der Waals surface area contributed by atoms with Gasteiger partial charge in [-0.25, -0.2) is 4.79 Å². The zero-order valence-corrected chi connectivity index (χ0v) is 18.3. The summed E-state index contributed by atoms with van der Waals surface area (Å²) in [4.78, 5) is 42.1. The molecule has 0 aromatic heterocycles. The number of urea groups is 1. The van der Waals surface area contributed by atoms with Crippen molar-refractivity contribution in [3.05, 3.63) is 35.4 Å². The van der Waals surface area contributed by atoms with E-state index in [9.17, 15) is 14.4 Å². The lowest BCUT2D eigenvalue weighted by atomic mass is 9.78. The Kier molecular flexibility index (Phi) is 5.60. The fourth-order valence-corrected chi connectivity index (χ4v) is 5.40. The van der Waals surface area contributed by atoms with E-state index in [1.165, 1.54) is 24.8 Å². The highest BCUT2D eigenvalue weighted by atomic mass is 16.2. The first kappa shape index (κ1) is 20.9. The van der Waals surface area contributed by atoms with Crippen LogP contribution in [0.2, 0.25) is 0 Å². The molecule has 30 heavy (non-hydrogen) atoms. The van der Waals surface area contributed by atoms with Crippen molar-refractivity contribution in [2.24, 2.45) is 5.92 Å². The van der Waals surface area contributed by atoms with Gasteiger partial charge >= 0.3 is 6.03 Å².